The molecular formula is C16H20ClNO. The van der Waals surface area contributed by atoms with Gasteiger partial charge >= 0.3 is 0 Å². The maximum absolute atomic E-state index is 12.1. The first-order valence-corrected chi connectivity index (χ1v) is 7.28. The number of aryl methyl sites for hydroxylation is 1. The topological polar surface area (TPSA) is 20.3 Å². The van der Waals surface area contributed by atoms with Crippen molar-refractivity contribution in [2.24, 2.45) is 0 Å². The van der Waals surface area contributed by atoms with Gasteiger partial charge in [0, 0.05) is 24.2 Å². The summed E-state index contributed by atoms with van der Waals surface area (Å²) in [6.07, 6.45) is 8.22. The minimum atomic E-state index is 0.110. The molecule has 0 atom stereocenters. The molecule has 3 heteroatoms. The van der Waals surface area contributed by atoms with Crippen molar-refractivity contribution in [3.8, 4) is 0 Å². The van der Waals surface area contributed by atoms with Gasteiger partial charge in [-0.25, -0.2) is 0 Å². The molecule has 2 nitrogen and oxygen atoms in total. The zero-order chi connectivity index (χ0) is 13.7. The Morgan fingerprint density at radius 2 is 1.89 bits per heavy atom. The van der Waals surface area contributed by atoms with Crippen molar-refractivity contribution in [3.63, 3.8) is 0 Å². The average molecular weight is 278 g/mol. The van der Waals surface area contributed by atoms with Crippen molar-refractivity contribution < 1.29 is 4.79 Å². The first kappa shape index (κ1) is 14.1. The molecule has 1 heterocycles. The van der Waals surface area contributed by atoms with Gasteiger partial charge in [-0.3, -0.25) is 4.79 Å². The predicted octanol–water partition coefficient (Wildman–Crippen LogP) is 4.06. The molecule has 102 valence electrons. The monoisotopic (exact) mass is 277 g/mol. The summed E-state index contributed by atoms with van der Waals surface area (Å²) < 4.78 is 0. The third-order valence-corrected chi connectivity index (χ3v) is 3.94. The highest BCUT2D eigenvalue weighted by Gasteiger charge is 2.12. The number of carbonyl (C=O) groups excluding carboxylic acids is 1. The van der Waals surface area contributed by atoms with Crippen LogP contribution in [0.5, 0.6) is 0 Å². The van der Waals surface area contributed by atoms with Crippen molar-refractivity contribution >= 4 is 23.6 Å². The van der Waals surface area contributed by atoms with Crippen molar-refractivity contribution in [3.05, 3.63) is 40.4 Å². The molecule has 0 aliphatic carbocycles. The van der Waals surface area contributed by atoms with E-state index in [9.17, 15) is 4.79 Å². The lowest BCUT2D eigenvalue weighted by Gasteiger charge is -2.17. The SMILES string of the molecule is Cc1ccc(C=CC(=O)N2CCCCCC2)cc1Cl. The van der Waals surface area contributed by atoms with Crippen LogP contribution in [0.2, 0.25) is 5.02 Å². The van der Waals surface area contributed by atoms with Gasteiger partial charge in [-0.15, -0.1) is 0 Å². The summed E-state index contributed by atoms with van der Waals surface area (Å²) >= 11 is 6.07. The summed E-state index contributed by atoms with van der Waals surface area (Å²) in [5.74, 6) is 0.110. The third kappa shape index (κ3) is 4.10. The van der Waals surface area contributed by atoms with E-state index in [1.807, 2.05) is 36.1 Å². The van der Waals surface area contributed by atoms with Crippen LogP contribution in [0.3, 0.4) is 0 Å². The molecule has 1 aromatic carbocycles. The van der Waals surface area contributed by atoms with Crippen LogP contribution in [0, 0.1) is 6.92 Å². The van der Waals surface area contributed by atoms with Crippen LogP contribution in [0.1, 0.15) is 36.8 Å². The van der Waals surface area contributed by atoms with Crippen LogP contribution < -0.4 is 0 Å². The van der Waals surface area contributed by atoms with E-state index in [-0.39, 0.29) is 5.91 Å². The van der Waals surface area contributed by atoms with Crippen molar-refractivity contribution in [1.29, 1.82) is 0 Å². The molecule has 0 aromatic heterocycles. The number of nitrogens with zero attached hydrogens (tertiary/aromatic N) is 1. The van der Waals surface area contributed by atoms with Crippen LogP contribution in [-0.2, 0) is 4.79 Å². The summed E-state index contributed by atoms with van der Waals surface area (Å²) in [6, 6.07) is 5.84. The largest absolute Gasteiger partial charge is 0.339 e. The summed E-state index contributed by atoms with van der Waals surface area (Å²) in [5.41, 5.74) is 2.02. The fourth-order valence-electron chi connectivity index (χ4n) is 2.28. The zero-order valence-corrected chi connectivity index (χ0v) is 12.1. The molecule has 0 bridgehead atoms. The number of benzene rings is 1. The van der Waals surface area contributed by atoms with Crippen LogP contribution >= 0.6 is 11.6 Å². The fourth-order valence-corrected chi connectivity index (χ4v) is 2.47. The van der Waals surface area contributed by atoms with Gasteiger partial charge in [0.15, 0.2) is 0 Å². The number of rotatable bonds is 2. The molecular weight excluding hydrogens is 258 g/mol. The normalized spacial score (nSPS) is 16.6. The minimum Gasteiger partial charge on any atom is -0.339 e. The van der Waals surface area contributed by atoms with Crippen LogP contribution in [-0.4, -0.2) is 23.9 Å². The fraction of sp³-hybridized carbons (Fsp3) is 0.438. The van der Waals surface area contributed by atoms with Gasteiger partial charge in [-0.2, -0.15) is 0 Å². The summed E-state index contributed by atoms with van der Waals surface area (Å²) in [6.45, 7) is 3.74. The van der Waals surface area contributed by atoms with E-state index < -0.39 is 0 Å². The molecule has 1 fully saturated rings. The first-order valence-electron chi connectivity index (χ1n) is 6.90. The third-order valence-electron chi connectivity index (χ3n) is 3.53. The number of halogens is 1. The van der Waals surface area contributed by atoms with E-state index in [1.54, 1.807) is 6.08 Å². The van der Waals surface area contributed by atoms with Gasteiger partial charge in [0.1, 0.15) is 0 Å². The van der Waals surface area contributed by atoms with Crippen molar-refractivity contribution in [2.45, 2.75) is 32.6 Å². The second kappa shape index (κ2) is 6.76. The van der Waals surface area contributed by atoms with E-state index in [0.717, 1.165) is 42.1 Å². The standard InChI is InChI=1S/C16H20ClNO/c1-13-6-7-14(12-15(13)17)8-9-16(19)18-10-4-2-3-5-11-18/h6-9,12H,2-5,10-11H2,1H3. The molecule has 1 saturated heterocycles. The quantitative estimate of drug-likeness (QED) is 0.747. The Balaban J connectivity index is 2.00. The molecule has 0 N–H and O–H groups in total. The van der Waals surface area contributed by atoms with Gasteiger partial charge in [0.2, 0.25) is 5.91 Å². The summed E-state index contributed by atoms with van der Waals surface area (Å²) in [5, 5.41) is 0.740. The highest BCUT2D eigenvalue weighted by atomic mass is 35.5. The van der Waals surface area contributed by atoms with Crippen LogP contribution in [0.25, 0.3) is 6.08 Å². The summed E-state index contributed by atoms with van der Waals surface area (Å²) in [7, 11) is 0. The van der Waals surface area contributed by atoms with Crippen molar-refractivity contribution in [2.75, 3.05) is 13.1 Å². The zero-order valence-electron chi connectivity index (χ0n) is 11.4. The Morgan fingerprint density at radius 1 is 1.21 bits per heavy atom. The predicted molar refractivity (Wildman–Crippen MR) is 80.3 cm³/mol. The van der Waals surface area contributed by atoms with E-state index in [0.29, 0.717) is 0 Å². The van der Waals surface area contributed by atoms with Gasteiger partial charge in [-0.1, -0.05) is 36.6 Å². The smallest absolute Gasteiger partial charge is 0.246 e. The Hall–Kier alpha value is -1.28. The van der Waals surface area contributed by atoms with E-state index in [2.05, 4.69) is 0 Å². The maximum Gasteiger partial charge on any atom is 0.246 e. The van der Waals surface area contributed by atoms with Crippen LogP contribution in [0.15, 0.2) is 24.3 Å². The number of likely N-dealkylation sites (tertiary alicyclic amines) is 1. The molecule has 1 aromatic rings. The highest BCUT2D eigenvalue weighted by Crippen LogP contribution is 2.17. The van der Waals surface area contributed by atoms with Gasteiger partial charge in [0.05, 0.1) is 0 Å². The lowest BCUT2D eigenvalue weighted by atomic mass is 10.1. The lowest BCUT2D eigenvalue weighted by Crippen LogP contribution is -2.30. The molecule has 19 heavy (non-hydrogen) atoms. The Morgan fingerprint density at radius 3 is 2.53 bits per heavy atom. The molecule has 1 aliphatic rings. The Kier molecular flexibility index (Phi) is 5.03. The number of hydrogen-bond donors (Lipinski definition) is 0. The van der Waals surface area contributed by atoms with Crippen molar-refractivity contribution in [1.82, 2.24) is 4.90 Å². The van der Waals surface area contributed by atoms with Crippen LogP contribution in [0.4, 0.5) is 0 Å². The summed E-state index contributed by atoms with van der Waals surface area (Å²) in [4.78, 5) is 14.0. The molecule has 0 radical (unpaired) electrons. The minimum absolute atomic E-state index is 0.110. The van der Waals surface area contributed by atoms with Gasteiger partial charge < -0.3 is 4.90 Å². The van der Waals surface area contributed by atoms with E-state index in [1.165, 1.54) is 12.8 Å². The first-order chi connectivity index (χ1) is 9.16. The van der Waals surface area contributed by atoms with E-state index in [4.69, 9.17) is 11.6 Å². The van der Waals surface area contributed by atoms with Gasteiger partial charge in [-0.05, 0) is 43.0 Å². The molecule has 0 saturated carbocycles. The van der Waals surface area contributed by atoms with Gasteiger partial charge in [0.25, 0.3) is 0 Å². The Bertz CT molecular complexity index is 474. The number of amides is 1. The van der Waals surface area contributed by atoms with E-state index >= 15 is 0 Å². The number of carbonyl (C=O) groups is 1. The lowest BCUT2D eigenvalue weighted by molar-refractivity contribution is -0.125. The highest BCUT2D eigenvalue weighted by molar-refractivity contribution is 6.31. The molecule has 1 amide bonds. The second-order valence-corrected chi connectivity index (χ2v) is 5.49. The molecule has 0 spiro atoms. The number of hydrogen-bond acceptors (Lipinski definition) is 1. The Labute approximate surface area is 120 Å². The average Bonchev–Trinajstić information content (AvgIpc) is 2.69. The second-order valence-electron chi connectivity index (χ2n) is 5.08. The molecule has 1 aliphatic heterocycles. The molecule has 2 rings (SSSR count). The maximum atomic E-state index is 12.1. The molecule has 0 unspecified atom stereocenters.